The molecule has 0 unspecified atom stereocenters. The van der Waals surface area contributed by atoms with Gasteiger partial charge in [0.2, 0.25) is 0 Å². The molecule has 1 fully saturated rings. The van der Waals surface area contributed by atoms with Gasteiger partial charge in [0.15, 0.2) is 5.84 Å². The number of alkyl halides is 1. The van der Waals surface area contributed by atoms with E-state index in [0.29, 0.717) is 19.4 Å². The van der Waals surface area contributed by atoms with Crippen molar-refractivity contribution < 1.29 is 4.39 Å². The van der Waals surface area contributed by atoms with Gasteiger partial charge < -0.3 is 10.6 Å². The maximum absolute atomic E-state index is 13.0. The molecule has 0 bridgehead atoms. The summed E-state index contributed by atoms with van der Waals surface area (Å²) >= 11 is 0. The Morgan fingerprint density at radius 1 is 1.00 bits per heavy atom. The third kappa shape index (κ3) is 2.65. The summed E-state index contributed by atoms with van der Waals surface area (Å²) in [4.78, 5) is 17.6. The molecule has 0 atom stereocenters. The maximum Gasteiger partial charge on any atom is 0.154 e. The van der Waals surface area contributed by atoms with E-state index in [9.17, 15) is 4.39 Å². The molecule has 1 aliphatic heterocycles. The Kier molecular flexibility index (Phi) is 3.51. The first kappa shape index (κ1) is 15.2. The van der Waals surface area contributed by atoms with E-state index in [-0.39, 0.29) is 6.04 Å². The van der Waals surface area contributed by atoms with E-state index >= 15 is 0 Å². The number of aromatic nitrogens is 3. The first-order valence-electron chi connectivity index (χ1n) is 8.67. The Bertz CT molecular complexity index is 1010. The minimum atomic E-state index is -0.684. The molecule has 0 spiro atoms. The Morgan fingerprint density at radius 3 is 2.77 bits per heavy atom. The molecule has 130 valence electrons. The molecule has 0 saturated heterocycles. The van der Waals surface area contributed by atoms with Crippen molar-refractivity contribution >= 4 is 28.1 Å². The SMILES string of the molecule is FC1CC(Nc2nccc3cc(NC4=NCc5nccnc54)ccc23)C1. The van der Waals surface area contributed by atoms with Crippen molar-refractivity contribution in [3.05, 3.63) is 54.2 Å². The first-order valence-corrected chi connectivity index (χ1v) is 8.67. The predicted octanol–water partition coefficient (Wildman–Crippen LogP) is 3.31. The normalized spacial score (nSPS) is 21.0. The van der Waals surface area contributed by atoms with E-state index < -0.39 is 6.17 Å². The van der Waals surface area contributed by atoms with Crippen molar-refractivity contribution in [2.75, 3.05) is 10.6 Å². The second-order valence-electron chi connectivity index (χ2n) is 6.65. The molecule has 0 radical (unpaired) electrons. The smallest absolute Gasteiger partial charge is 0.154 e. The fourth-order valence-corrected chi connectivity index (χ4v) is 3.37. The average molecular weight is 348 g/mol. The van der Waals surface area contributed by atoms with Crippen LogP contribution in [0, 0.1) is 0 Å². The van der Waals surface area contributed by atoms with E-state index in [4.69, 9.17) is 0 Å². The largest absolute Gasteiger partial charge is 0.367 e. The number of rotatable bonds is 3. The molecule has 0 amide bonds. The number of anilines is 2. The number of hydrogen-bond donors (Lipinski definition) is 2. The molecular formula is C19H17FN6. The summed E-state index contributed by atoms with van der Waals surface area (Å²) in [5.74, 6) is 1.55. The van der Waals surface area contributed by atoms with Crippen LogP contribution in [0.5, 0.6) is 0 Å². The van der Waals surface area contributed by atoms with Gasteiger partial charge in [-0.3, -0.25) is 9.98 Å². The molecule has 2 aromatic heterocycles. The summed E-state index contributed by atoms with van der Waals surface area (Å²) in [7, 11) is 0. The van der Waals surface area contributed by atoms with Crippen molar-refractivity contribution in [2.24, 2.45) is 4.99 Å². The highest BCUT2D eigenvalue weighted by molar-refractivity contribution is 6.09. The number of hydrogen-bond acceptors (Lipinski definition) is 6. The van der Waals surface area contributed by atoms with Crippen LogP contribution in [0.15, 0.2) is 47.8 Å². The van der Waals surface area contributed by atoms with Gasteiger partial charge in [-0.15, -0.1) is 0 Å². The topological polar surface area (TPSA) is 75.1 Å². The van der Waals surface area contributed by atoms with Gasteiger partial charge in [0.1, 0.15) is 17.7 Å². The fraction of sp³-hybridized carbons (Fsp3) is 0.263. The van der Waals surface area contributed by atoms with Crippen molar-refractivity contribution in [1.29, 1.82) is 0 Å². The van der Waals surface area contributed by atoms with Crippen LogP contribution in [0.1, 0.15) is 24.2 Å². The quantitative estimate of drug-likeness (QED) is 0.759. The first-order chi connectivity index (χ1) is 12.8. The molecule has 1 saturated carbocycles. The van der Waals surface area contributed by atoms with Crippen molar-refractivity contribution in [2.45, 2.75) is 31.6 Å². The lowest BCUT2D eigenvalue weighted by Gasteiger charge is -2.31. The van der Waals surface area contributed by atoms with E-state index in [0.717, 1.165) is 39.5 Å². The molecule has 5 rings (SSSR count). The summed E-state index contributed by atoms with van der Waals surface area (Å²) in [5, 5.41) is 8.76. The van der Waals surface area contributed by atoms with E-state index in [1.165, 1.54) is 0 Å². The van der Waals surface area contributed by atoms with Crippen molar-refractivity contribution in [3.8, 4) is 0 Å². The molecule has 6 nitrogen and oxygen atoms in total. The van der Waals surface area contributed by atoms with E-state index in [2.05, 4.69) is 36.6 Å². The molecule has 2 N–H and O–H groups in total. The van der Waals surface area contributed by atoms with E-state index in [1.54, 1.807) is 18.6 Å². The van der Waals surface area contributed by atoms with Gasteiger partial charge in [0, 0.05) is 35.7 Å². The standard InChI is InChI=1S/C19H17FN6/c20-12-8-14(9-12)26-18-15-2-1-13(7-11(15)3-4-23-18)25-19-17-16(10-24-19)21-5-6-22-17/h1-7,12,14H,8-10H2,(H,23,26)(H,24,25). The van der Waals surface area contributed by atoms with Crippen LogP contribution in [-0.4, -0.2) is 33.0 Å². The highest BCUT2D eigenvalue weighted by atomic mass is 19.1. The van der Waals surface area contributed by atoms with Crippen LogP contribution in [0.25, 0.3) is 10.8 Å². The number of aliphatic imine (C=N–C) groups is 1. The lowest BCUT2D eigenvalue weighted by Crippen LogP contribution is -2.36. The van der Waals surface area contributed by atoms with Gasteiger partial charge in [-0.25, -0.2) is 14.4 Å². The average Bonchev–Trinajstić information content (AvgIpc) is 3.03. The van der Waals surface area contributed by atoms with Gasteiger partial charge >= 0.3 is 0 Å². The molecule has 1 aliphatic carbocycles. The molecule has 3 heterocycles. The number of benzene rings is 1. The van der Waals surface area contributed by atoms with Gasteiger partial charge in [-0.1, -0.05) is 0 Å². The molecular weight excluding hydrogens is 331 g/mol. The summed E-state index contributed by atoms with van der Waals surface area (Å²) < 4.78 is 13.0. The Labute approximate surface area is 149 Å². The van der Waals surface area contributed by atoms with Gasteiger partial charge in [0.05, 0.1) is 12.2 Å². The van der Waals surface area contributed by atoms with Gasteiger partial charge in [0.25, 0.3) is 0 Å². The Hall–Kier alpha value is -3.09. The van der Waals surface area contributed by atoms with Crippen LogP contribution in [-0.2, 0) is 6.54 Å². The second-order valence-corrected chi connectivity index (χ2v) is 6.65. The highest BCUT2D eigenvalue weighted by Gasteiger charge is 2.29. The summed E-state index contributed by atoms with van der Waals surface area (Å²) in [6.07, 6.45) is 5.55. The molecule has 2 aliphatic rings. The predicted molar refractivity (Wildman–Crippen MR) is 99.2 cm³/mol. The second kappa shape index (κ2) is 6.01. The third-order valence-electron chi connectivity index (χ3n) is 4.83. The van der Waals surface area contributed by atoms with Crippen LogP contribution in [0.4, 0.5) is 15.9 Å². The summed E-state index contributed by atoms with van der Waals surface area (Å²) in [6, 6.07) is 8.20. The molecule has 1 aromatic carbocycles. The number of halogens is 1. The zero-order valence-corrected chi connectivity index (χ0v) is 14.0. The summed E-state index contributed by atoms with van der Waals surface area (Å²) in [5.41, 5.74) is 2.62. The minimum Gasteiger partial charge on any atom is -0.367 e. The van der Waals surface area contributed by atoms with E-state index in [1.807, 2.05) is 18.2 Å². The lowest BCUT2D eigenvalue weighted by atomic mass is 9.90. The van der Waals surface area contributed by atoms with Crippen molar-refractivity contribution in [1.82, 2.24) is 15.0 Å². The highest BCUT2D eigenvalue weighted by Crippen LogP contribution is 2.30. The Morgan fingerprint density at radius 2 is 1.88 bits per heavy atom. The zero-order valence-electron chi connectivity index (χ0n) is 14.0. The molecule has 26 heavy (non-hydrogen) atoms. The third-order valence-corrected chi connectivity index (χ3v) is 4.83. The molecule has 7 heteroatoms. The number of amidine groups is 1. The number of nitrogens with one attached hydrogen (secondary N) is 2. The number of pyridine rings is 1. The number of nitrogens with zero attached hydrogens (tertiary/aromatic N) is 4. The van der Waals surface area contributed by atoms with Gasteiger partial charge in [-0.2, -0.15) is 0 Å². The van der Waals surface area contributed by atoms with Gasteiger partial charge in [-0.05, 0) is 42.5 Å². The zero-order chi connectivity index (χ0) is 17.5. The lowest BCUT2D eigenvalue weighted by molar-refractivity contribution is 0.192. The molecule has 3 aromatic rings. The van der Waals surface area contributed by atoms with Crippen LogP contribution >= 0.6 is 0 Å². The fourth-order valence-electron chi connectivity index (χ4n) is 3.37. The van der Waals surface area contributed by atoms with Crippen LogP contribution in [0.3, 0.4) is 0 Å². The van der Waals surface area contributed by atoms with Crippen LogP contribution in [0.2, 0.25) is 0 Å². The summed E-state index contributed by atoms with van der Waals surface area (Å²) in [6.45, 7) is 0.550. The van der Waals surface area contributed by atoms with Crippen LogP contribution < -0.4 is 10.6 Å². The minimum absolute atomic E-state index is 0.170. The monoisotopic (exact) mass is 348 g/mol. The maximum atomic E-state index is 13.0. The number of fused-ring (bicyclic) bond motifs is 2. The Balaban J connectivity index is 1.40. The van der Waals surface area contributed by atoms with Crippen molar-refractivity contribution in [3.63, 3.8) is 0 Å².